The minimum atomic E-state index is -3.56. The van der Waals surface area contributed by atoms with Crippen LogP contribution >= 0.6 is 11.3 Å². The molecule has 1 N–H and O–H groups in total. The Kier molecular flexibility index (Phi) is 5.94. The molecule has 31 heavy (non-hydrogen) atoms. The predicted molar refractivity (Wildman–Crippen MR) is 120 cm³/mol. The van der Waals surface area contributed by atoms with Crippen molar-refractivity contribution in [1.29, 1.82) is 0 Å². The van der Waals surface area contributed by atoms with Crippen LogP contribution in [0.15, 0.2) is 47.4 Å². The van der Waals surface area contributed by atoms with E-state index in [1.54, 1.807) is 50.3 Å². The molecule has 4 rings (SSSR count). The molecule has 1 aromatic heterocycles. The third-order valence-corrected chi connectivity index (χ3v) is 7.74. The standard InChI is InChI=1S/C21H21N3O5S2/c1-3-24(4-2)31(26,27)15-7-8-16-19(12-15)30-21(22-16)23-20(25)10-6-14-5-9-17-18(11-14)29-13-28-17/h5-12H,3-4,13H2,1-2H3,(H,22,23,25)/b10-6+. The highest BCUT2D eigenvalue weighted by Gasteiger charge is 2.22. The van der Waals surface area contributed by atoms with Crippen LogP contribution in [0.3, 0.4) is 0 Å². The van der Waals surface area contributed by atoms with Crippen molar-refractivity contribution in [3.8, 4) is 11.5 Å². The first-order valence-electron chi connectivity index (χ1n) is 9.70. The van der Waals surface area contributed by atoms with Crippen LogP contribution in [-0.2, 0) is 14.8 Å². The molecule has 10 heteroatoms. The highest BCUT2D eigenvalue weighted by atomic mass is 32.2. The van der Waals surface area contributed by atoms with Crippen LogP contribution in [0.2, 0.25) is 0 Å². The number of hydrogen-bond donors (Lipinski definition) is 1. The largest absolute Gasteiger partial charge is 0.454 e. The number of amides is 1. The maximum absolute atomic E-state index is 12.7. The van der Waals surface area contributed by atoms with E-state index in [0.29, 0.717) is 39.9 Å². The molecular formula is C21H21N3O5S2. The number of fused-ring (bicyclic) bond motifs is 2. The molecular weight excluding hydrogens is 438 g/mol. The summed E-state index contributed by atoms with van der Waals surface area (Å²) in [6.07, 6.45) is 3.07. The molecule has 0 saturated carbocycles. The first kappa shape index (κ1) is 21.3. The number of carbonyl (C=O) groups excluding carboxylic acids is 1. The lowest BCUT2D eigenvalue weighted by atomic mass is 10.2. The van der Waals surface area contributed by atoms with Crippen molar-refractivity contribution in [2.75, 3.05) is 25.2 Å². The molecule has 0 bridgehead atoms. The number of hydrogen-bond acceptors (Lipinski definition) is 7. The zero-order valence-electron chi connectivity index (χ0n) is 17.0. The molecule has 0 aliphatic carbocycles. The summed E-state index contributed by atoms with van der Waals surface area (Å²) in [5, 5.41) is 3.12. The van der Waals surface area contributed by atoms with Crippen LogP contribution in [0.4, 0.5) is 5.13 Å². The number of benzene rings is 2. The molecule has 0 radical (unpaired) electrons. The molecule has 1 aliphatic heterocycles. The van der Waals surface area contributed by atoms with E-state index in [2.05, 4.69) is 10.3 Å². The molecule has 8 nitrogen and oxygen atoms in total. The first-order chi connectivity index (χ1) is 14.9. The van der Waals surface area contributed by atoms with Crippen LogP contribution in [-0.4, -0.2) is 43.5 Å². The summed E-state index contributed by atoms with van der Waals surface area (Å²) in [6, 6.07) is 10.2. The van der Waals surface area contributed by atoms with Crippen LogP contribution in [0.1, 0.15) is 19.4 Å². The molecule has 1 aliphatic rings. The fraction of sp³-hybridized carbons (Fsp3) is 0.238. The fourth-order valence-corrected chi connectivity index (χ4v) is 5.63. The van der Waals surface area contributed by atoms with Crippen molar-refractivity contribution in [2.45, 2.75) is 18.7 Å². The summed E-state index contributed by atoms with van der Waals surface area (Å²) in [5.74, 6) is 0.982. The van der Waals surface area contributed by atoms with E-state index in [-0.39, 0.29) is 17.6 Å². The van der Waals surface area contributed by atoms with Crippen molar-refractivity contribution >= 4 is 48.7 Å². The lowest BCUT2D eigenvalue weighted by Crippen LogP contribution is -2.30. The Labute approximate surface area is 184 Å². The molecule has 0 fully saturated rings. The van der Waals surface area contributed by atoms with Gasteiger partial charge in [-0.1, -0.05) is 31.3 Å². The van der Waals surface area contributed by atoms with Gasteiger partial charge in [0, 0.05) is 19.2 Å². The molecule has 162 valence electrons. The summed E-state index contributed by atoms with van der Waals surface area (Å²) in [6.45, 7) is 4.60. The third-order valence-electron chi connectivity index (χ3n) is 4.76. The first-order valence-corrected chi connectivity index (χ1v) is 12.0. The normalized spacial score (nSPS) is 13.4. The van der Waals surface area contributed by atoms with Gasteiger partial charge in [0.1, 0.15) is 0 Å². The molecule has 2 heterocycles. The fourth-order valence-electron chi connectivity index (χ4n) is 3.17. The minimum absolute atomic E-state index is 0.193. The number of rotatable bonds is 7. The quantitative estimate of drug-likeness (QED) is 0.541. The monoisotopic (exact) mass is 459 g/mol. The summed E-state index contributed by atoms with van der Waals surface area (Å²) >= 11 is 1.22. The van der Waals surface area contributed by atoms with Gasteiger partial charge in [-0.05, 0) is 42.0 Å². The van der Waals surface area contributed by atoms with E-state index in [1.807, 2.05) is 6.07 Å². The van der Waals surface area contributed by atoms with E-state index < -0.39 is 10.0 Å². The van der Waals surface area contributed by atoms with E-state index in [9.17, 15) is 13.2 Å². The van der Waals surface area contributed by atoms with Gasteiger partial charge in [0.05, 0.1) is 15.1 Å². The van der Waals surface area contributed by atoms with Crippen molar-refractivity contribution in [3.63, 3.8) is 0 Å². The van der Waals surface area contributed by atoms with Crippen LogP contribution in [0.5, 0.6) is 11.5 Å². The Morgan fingerprint density at radius 2 is 1.94 bits per heavy atom. The van der Waals surface area contributed by atoms with Crippen molar-refractivity contribution < 1.29 is 22.7 Å². The lowest BCUT2D eigenvalue weighted by Gasteiger charge is -2.18. The topological polar surface area (TPSA) is 97.8 Å². The molecule has 0 unspecified atom stereocenters. The lowest BCUT2D eigenvalue weighted by molar-refractivity contribution is -0.111. The predicted octanol–water partition coefficient (Wildman–Crippen LogP) is 3.71. The zero-order chi connectivity index (χ0) is 22.0. The maximum Gasteiger partial charge on any atom is 0.250 e. The molecule has 0 atom stereocenters. The minimum Gasteiger partial charge on any atom is -0.454 e. The van der Waals surface area contributed by atoms with Gasteiger partial charge in [-0.2, -0.15) is 4.31 Å². The molecule has 3 aromatic rings. The smallest absolute Gasteiger partial charge is 0.250 e. The van der Waals surface area contributed by atoms with Crippen LogP contribution < -0.4 is 14.8 Å². The second-order valence-corrected chi connectivity index (χ2v) is 9.64. The summed E-state index contributed by atoms with van der Waals surface area (Å²) < 4.78 is 38.1. The number of nitrogens with zero attached hydrogens (tertiary/aromatic N) is 2. The van der Waals surface area contributed by atoms with Crippen molar-refractivity contribution in [1.82, 2.24) is 9.29 Å². The van der Waals surface area contributed by atoms with E-state index in [0.717, 1.165) is 5.56 Å². The SMILES string of the molecule is CCN(CC)S(=O)(=O)c1ccc2nc(NC(=O)/C=C/c3ccc4c(c3)OCO4)sc2c1. The summed E-state index contributed by atoms with van der Waals surface area (Å²) in [4.78, 5) is 16.9. The Hall–Kier alpha value is -2.95. The van der Waals surface area contributed by atoms with Gasteiger partial charge in [0.15, 0.2) is 16.6 Å². The van der Waals surface area contributed by atoms with Gasteiger partial charge >= 0.3 is 0 Å². The highest BCUT2D eigenvalue weighted by Crippen LogP contribution is 2.33. The molecule has 2 aromatic carbocycles. The van der Waals surface area contributed by atoms with Gasteiger partial charge in [-0.15, -0.1) is 0 Å². The zero-order valence-corrected chi connectivity index (χ0v) is 18.6. The van der Waals surface area contributed by atoms with Gasteiger partial charge in [0.2, 0.25) is 22.7 Å². The number of thiazole rings is 1. The van der Waals surface area contributed by atoms with Gasteiger partial charge < -0.3 is 9.47 Å². The van der Waals surface area contributed by atoms with E-state index >= 15 is 0 Å². The van der Waals surface area contributed by atoms with Crippen LogP contribution in [0, 0.1) is 0 Å². The number of aromatic nitrogens is 1. The number of carbonyl (C=O) groups is 1. The Bertz CT molecular complexity index is 1260. The van der Waals surface area contributed by atoms with Crippen LogP contribution in [0.25, 0.3) is 16.3 Å². The van der Waals surface area contributed by atoms with E-state index in [1.165, 1.54) is 21.7 Å². The molecule has 0 spiro atoms. The second kappa shape index (κ2) is 8.66. The van der Waals surface area contributed by atoms with Crippen molar-refractivity contribution in [2.24, 2.45) is 0 Å². The summed E-state index contributed by atoms with van der Waals surface area (Å²) in [5.41, 5.74) is 1.42. The maximum atomic E-state index is 12.7. The van der Waals surface area contributed by atoms with Gasteiger partial charge in [-0.3, -0.25) is 10.1 Å². The number of ether oxygens (including phenoxy) is 2. The second-order valence-electron chi connectivity index (χ2n) is 6.67. The number of anilines is 1. The number of nitrogens with one attached hydrogen (secondary N) is 1. The Morgan fingerprint density at radius 3 is 2.71 bits per heavy atom. The van der Waals surface area contributed by atoms with E-state index in [4.69, 9.17) is 9.47 Å². The van der Waals surface area contributed by atoms with Crippen molar-refractivity contribution in [3.05, 3.63) is 48.0 Å². The van der Waals surface area contributed by atoms with Gasteiger partial charge in [0.25, 0.3) is 0 Å². The average Bonchev–Trinajstić information content (AvgIpc) is 3.38. The Balaban J connectivity index is 1.49. The molecule has 1 amide bonds. The Morgan fingerprint density at radius 1 is 1.16 bits per heavy atom. The average molecular weight is 460 g/mol. The molecule has 0 saturated heterocycles. The summed E-state index contributed by atoms with van der Waals surface area (Å²) in [7, 11) is -3.56. The number of sulfonamides is 1. The highest BCUT2D eigenvalue weighted by molar-refractivity contribution is 7.89. The third kappa shape index (κ3) is 4.41. The van der Waals surface area contributed by atoms with Gasteiger partial charge in [-0.25, -0.2) is 13.4 Å².